The predicted octanol–water partition coefficient (Wildman–Crippen LogP) is 5.48. The molecule has 0 spiro atoms. The van der Waals surface area contributed by atoms with E-state index in [1.165, 1.54) is 4.31 Å². The topological polar surface area (TPSA) is 66.5 Å². The van der Waals surface area contributed by atoms with E-state index in [2.05, 4.69) is 19.2 Å². The third-order valence-electron chi connectivity index (χ3n) is 5.86. The van der Waals surface area contributed by atoms with Crippen LogP contribution in [0.4, 0.5) is 11.4 Å². The Bertz CT molecular complexity index is 1310. The predicted molar refractivity (Wildman–Crippen MR) is 125 cm³/mol. The summed E-state index contributed by atoms with van der Waals surface area (Å²) in [4.78, 5) is 13.5. The normalized spacial score (nSPS) is 14.2. The lowest BCUT2D eigenvalue weighted by molar-refractivity contribution is 0.102. The first-order chi connectivity index (χ1) is 14.6. The van der Waals surface area contributed by atoms with Gasteiger partial charge in [0.15, 0.2) is 0 Å². The molecule has 0 aliphatic carbocycles. The molecule has 3 aromatic carbocycles. The molecule has 0 radical (unpaired) electrons. The second kappa shape index (κ2) is 7.54. The Morgan fingerprint density at radius 1 is 0.935 bits per heavy atom. The third kappa shape index (κ3) is 3.41. The van der Waals surface area contributed by atoms with E-state index in [9.17, 15) is 13.2 Å². The third-order valence-corrected chi connectivity index (χ3v) is 7.67. The van der Waals surface area contributed by atoms with E-state index >= 15 is 0 Å². The second-order valence-corrected chi connectivity index (χ2v) is 10.2. The molecule has 4 rings (SSSR count). The minimum Gasteiger partial charge on any atom is -0.321 e. The number of carbonyl (C=O) groups is 1. The summed E-state index contributed by atoms with van der Waals surface area (Å²) in [6, 6.07) is 16.5. The largest absolute Gasteiger partial charge is 0.321 e. The van der Waals surface area contributed by atoms with Crippen LogP contribution in [0.25, 0.3) is 11.1 Å². The lowest BCUT2D eigenvalue weighted by Crippen LogP contribution is -2.31. The first-order valence-electron chi connectivity index (χ1n) is 10.3. The van der Waals surface area contributed by atoms with Crippen molar-refractivity contribution in [2.24, 2.45) is 0 Å². The molecule has 1 amide bonds. The summed E-state index contributed by atoms with van der Waals surface area (Å²) in [7, 11) is -2.07. The molecule has 3 aromatic rings. The van der Waals surface area contributed by atoms with Crippen LogP contribution in [-0.2, 0) is 10.0 Å². The fraction of sp³-hybridized carbons (Fsp3) is 0.240. The van der Waals surface area contributed by atoms with E-state index in [0.29, 0.717) is 16.8 Å². The number of para-hydroxylation sites is 1. The summed E-state index contributed by atoms with van der Waals surface area (Å²) < 4.78 is 27.2. The number of carbonyl (C=O) groups excluding carboxylic acids is 1. The molecule has 0 aromatic heterocycles. The van der Waals surface area contributed by atoms with Gasteiger partial charge in [0.05, 0.1) is 10.6 Å². The van der Waals surface area contributed by atoms with Crippen molar-refractivity contribution in [2.75, 3.05) is 16.7 Å². The number of sulfonamides is 1. The molecule has 31 heavy (non-hydrogen) atoms. The Morgan fingerprint density at radius 2 is 1.65 bits per heavy atom. The van der Waals surface area contributed by atoms with E-state index in [1.54, 1.807) is 37.4 Å². The van der Waals surface area contributed by atoms with Crippen molar-refractivity contribution in [1.29, 1.82) is 0 Å². The van der Waals surface area contributed by atoms with Gasteiger partial charge in [-0.25, -0.2) is 8.42 Å². The maximum atomic E-state index is 13.3. The van der Waals surface area contributed by atoms with E-state index < -0.39 is 10.0 Å². The van der Waals surface area contributed by atoms with Crippen LogP contribution in [0.15, 0.2) is 59.5 Å². The van der Waals surface area contributed by atoms with Crippen LogP contribution in [0, 0.1) is 13.8 Å². The zero-order valence-electron chi connectivity index (χ0n) is 18.4. The minimum atomic E-state index is -3.63. The quantitative estimate of drug-likeness (QED) is 0.593. The number of hydrogen-bond acceptors (Lipinski definition) is 3. The van der Waals surface area contributed by atoms with Crippen LogP contribution in [0.1, 0.15) is 46.8 Å². The fourth-order valence-corrected chi connectivity index (χ4v) is 5.73. The highest BCUT2D eigenvalue weighted by molar-refractivity contribution is 7.93. The van der Waals surface area contributed by atoms with Crippen LogP contribution < -0.4 is 9.62 Å². The van der Waals surface area contributed by atoms with Crippen LogP contribution in [0.3, 0.4) is 0 Å². The minimum absolute atomic E-state index is 0.212. The maximum absolute atomic E-state index is 13.3. The molecule has 1 aliphatic rings. The zero-order valence-corrected chi connectivity index (χ0v) is 19.2. The Labute approximate surface area is 183 Å². The molecule has 6 heteroatoms. The van der Waals surface area contributed by atoms with Gasteiger partial charge in [0, 0.05) is 29.4 Å². The van der Waals surface area contributed by atoms with Crippen LogP contribution >= 0.6 is 0 Å². The number of fused-ring (bicyclic) bond motifs is 3. The number of anilines is 2. The van der Waals surface area contributed by atoms with Gasteiger partial charge in [-0.3, -0.25) is 9.10 Å². The molecular formula is C25H26N2O3S. The van der Waals surface area contributed by atoms with Crippen molar-refractivity contribution < 1.29 is 13.2 Å². The first kappa shape index (κ1) is 21.1. The van der Waals surface area contributed by atoms with Crippen LogP contribution in [-0.4, -0.2) is 21.4 Å². The van der Waals surface area contributed by atoms with E-state index in [4.69, 9.17) is 0 Å². The number of benzene rings is 3. The summed E-state index contributed by atoms with van der Waals surface area (Å²) >= 11 is 0. The van der Waals surface area contributed by atoms with Crippen molar-refractivity contribution in [2.45, 2.75) is 38.5 Å². The molecule has 0 saturated heterocycles. The molecule has 1 N–H and O–H groups in total. The van der Waals surface area contributed by atoms with Crippen molar-refractivity contribution in [3.05, 3.63) is 76.9 Å². The lowest BCUT2D eigenvalue weighted by Gasteiger charge is -2.31. The summed E-state index contributed by atoms with van der Waals surface area (Å²) in [6.45, 7) is 8.01. The highest BCUT2D eigenvalue weighted by Gasteiger charge is 2.34. The fourth-order valence-electron chi connectivity index (χ4n) is 4.24. The van der Waals surface area contributed by atoms with E-state index in [0.717, 1.165) is 27.9 Å². The smallest absolute Gasteiger partial charge is 0.264 e. The molecule has 5 nitrogen and oxygen atoms in total. The first-order valence-corrected chi connectivity index (χ1v) is 11.7. The highest BCUT2D eigenvalue weighted by atomic mass is 32.2. The molecule has 0 fully saturated rings. The molecule has 1 heterocycles. The number of rotatable bonds is 3. The highest BCUT2D eigenvalue weighted by Crippen LogP contribution is 2.44. The number of amides is 1. The van der Waals surface area contributed by atoms with Crippen molar-refractivity contribution in [3.8, 4) is 11.1 Å². The Kier molecular flexibility index (Phi) is 5.13. The van der Waals surface area contributed by atoms with Crippen LogP contribution in [0.2, 0.25) is 0 Å². The number of nitrogens with zero attached hydrogens (tertiary/aromatic N) is 1. The molecule has 160 valence electrons. The van der Waals surface area contributed by atoms with Gasteiger partial charge in [-0.1, -0.05) is 50.2 Å². The summed E-state index contributed by atoms with van der Waals surface area (Å²) in [5.41, 5.74) is 6.12. The van der Waals surface area contributed by atoms with Gasteiger partial charge in [0.1, 0.15) is 0 Å². The van der Waals surface area contributed by atoms with Gasteiger partial charge < -0.3 is 5.32 Å². The van der Waals surface area contributed by atoms with Gasteiger partial charge in [0.2, 0.25) is 0 Å². The summed E-state index contributed by atoms with van der Waals surface area (Å²) in [6.07, 6.45) is 0. The van der Waals surface area contributed by atoms with Gasteiger partial charge in [-0.2, -0.15) is 0 Å². The SMILES string of the molecule is Cc1cccc(C(C)C)c1NC(=O)c1cc(C)c2c(c1)-c1ccccc1S(=O)(=O)N2C. The molecule has 0 bridgehead atoms. The monoisotopic (exact) mass is 434 g/mol. The average Bonchev–Trinajstić information content (AvgIpc) is 2.73. The number of hydrogen-bond donors (Lipinski definition) is 1. The number of nitrogens with one attached hydrogen (secondary N) is 1. The molecular weight excluding hydrogens is 408 g/mol. The van der Waals surface area contributed by atoms with Gasteiger partial charge in [0.25, 0.3) is 15.9 Å². The summed E-state index contributed by atoms with van der Waals surface area (Å²) in [5, 5.41) is 3.09. The average molecular weight is 435 g/mol. The van der Waals surface area contributed by atoms with Crippen molar-refractivity contribution in [3.63, 3.8) is 0 Å². The summed E-state index contributed by atoms with van der Waals surface area (Å²) in [5.74, 6) is 0.0573. The molecule has 0 saturated carbocycles. The van der Waals surface area contributed by atoms with E-state index in [-0.39, 0.29) is 16.7 Å². The Balaban J connectivity index is 1.83. The van der Waals surface area contributed by atoms with Gasteiger partial charge in [-0.05, 0) is 54.7 Å². The lowest BCUT2D eigenvalue weighted by atomic mass is 9.95. The standard InChI is InChI=1S/C25H26N2O3S/c1-15(2)19-11-8-9-16(3)23(19)26-25(28)18-13-17(4)24-21(14-18)20-10-6-7-12-22(20)31(29,30)27(24)5/h6-15H,1-5H3,(H,26,28). The van der Waals surface area contributed by atoms with Crippen molar-refractivity contribution >= 4 is 27.3 Å². The Hall–Kier alpha value is -3.12. The second-order valence-electron chi connectivity index (χ2n) is 8.31. The van der Waals surface area contributed by atoms with Crippen LogP contribution in [0.5, 0.6) is 0 Å². The van der Waals surface area contributed by atoms with E-state index in [1.807, 2.05) is 38.1 Å². The zero-order chi connectivity index (χ0) is 22.5. The number of aryl methyl sites for hydroxylation is 2. The maximum Gasteiger partial charge on any atom is 0.264 e. The molecule has 1 aliphatic heterocycles. The molecule has 0 unspecified atom stereocenters. The molecule has 0 atom stereocenters. The van der Waals surface area contributed by atoms with Crippen molar-refractivity contribution in [1.82, 2.24) is 0 Å². The Morgan fingerprint density at radius 3 is 2.35 bits per heavy atom. The van der Waals surface area contributed by atoms with Gasteiger partial charge in [-0.15, -0.1) is 0 Å². The van der Waals surface area contributed by atoms with Gasteiger partial charge >= 0.3 is 0 Å².